The molecule has 0 unspecified atom stereocenters. The molecule has 0 aliphatic heterocycles. The lowest BCUT2D eigenvalue weighted by Crippen LogP contribution is -2.25. The highest BCUT2D eigenvalue weighted by molar-refractivity contribution is 5.92. The Balaban J connectivity index is 2.61. The van der Waals surface area contributed by atoms with Crippen LogP contribution in [0.3, 0.4) is 0 Å². The van der Waals surface area contributed by atoms with Gasteiger partial charge in [0.05, 0.1) is 0 Å². The van der Waals surface area contributed by atoms with E-state index in [4.69, 9.17) is 0 Å². The van der Waals surface area contributed by atoms with Crippen LogP contribution in [-0.4, -0.2) is 36.2 Å². The Kier molecular flexibility index (Phi) is 5.84. The minimum absolute atomic E-state index is 0.231. The van der Waals surface area contributed by atoms with Gasteiger partial charge in [-0.3, -0.25) is 4.79 Å². The summed E-state index contributed by atoms with van der Waals surface area (Å²) in [6, 6.07) is 3.49. The van der Waals surface area contributed by atoms with Gasteiger partial charge in [-0.1, -0.05) is 19.4 Å². The van der Waals surface area contributed by atoms with Crippen LogP contribution in [0, 0.1) is 0 Å². The molecule has 0 aromatic carbocycles. The molecular formula is C13H20N4O. The SMILES string of the molecule is C=CCNC(=O)c1ccc(N(C)CCCC)nn1. The summed E-state index contributed by atoms with van der Waals surface area (Å²) in [6.07, 6.45) is 3.87. The molecule has 1 amide bonds. The Bertz CT molecular complexity index is 388. The molecule has 5 nitrogen and oxygen atoms in total. The molecule has 1 aromatic rings. The molecule has 98 valence electrons. The van der Waals surface area contributed by atoms with Crippen molar-refractivity contribution >= 4 is 11.7 Å². The van der Waals surface area contributed by atoms with Gasteiger partial charge in [0.25, 0.3) is 5.91 Å². The summed E-state index contributed by atoms with van der Waals surface area (Å²) >= 11 is 0. The Morgan fingerprint density at radius 3 is 2.83 bits per heavy atom. The van der Waals surface area contributed by atoms with Crippen molar-refractivity contribution in [3.63, 3.8) is 0 Å². The van der Waals surface area contributed by atoms with E-state index in [9.17, 15) is 4.79 Å². The van der Waals surface area contributed by atoms with E-state index in [1.54, 1.807) is 12.1 Å². The van der Waals surface area contributed by atoms with Crippen molar-refractivity contribution in [1.82, 2.24) is 15.5 Å². The minimum atomic E-state index is -0.231. The number of carbonyl (C=O) groups excluding carboxylic acids is 1. The predicted octanol–water partition coefficient (Wildman–Crippen LogP) is 1.63. The lowest BCUT2D eigenvalue weighted by atomic mass is 10.3. The molecule has 0 saturated heterocycles. The number of anilines is 1. The molecule has 1 N–H and O–H groups in total. The van der Waals surface area contributed by atoms with E-state index in [0.717, 1.165) is 25.2 Å². The van der Waals surface area contributed by atoms with Crippen molar-refractivity contribution in [3.8, 4) is 0 Å². The van der Waals surface area contributed by atoms with Gasteiger partial charge in [0.15, 0.2) is 11.5 Å². The number of nitrogens with one attached hydrogen (secondary N) is 1. The van der Waals surface area contributed by atoms with Crippen LogP contribution in [0.25, 0.3) is 0 Å². The smallest absolute Gasteiger partial charge is 0.272 e. The average Bonchev–Trinajstić information content (AvgIpc) is 2.42. The maximum absolute atomic E-state index is 11.6. The van der Waals surface area contributed by atoms with Crippen molar-refractivity contribution in [2.45, 2.75) is 19.8 Å². The number of rotatable bonds is 7. The molecule has 0 aliphatic carbocycles. The monoisotopic (exact) mass is 248 g/mol. The van der Waals surface area contributed by atoms with Crippen LogP contribution in [0.15, 0.2) is 24.8 Å². The normalized spacial score (nSPS) is 9.89. The van der Waals surface area contributed by atoms with Crippen LogP contribution in [0.2, 0.25) is 0 Å². The van der Waals surface area contributed by atoms with Gasteiger partial charge in [-0.25, -0.2) is 0 Å². The molecule has 0 radical (unpaired) electrons. The molecule has 18 heavy (non-hydrogen) atoms. The van der Waals surface area contributed by atoms with E-state index in [2.05, 4.69) is 29.0 Å². The zero-order valence-corrected chi connectivity index (χ0v) is 11.0. The summed E-state index contributed by atoms with van der Waals surface area (Å²) < 4.78 is 0. The van der Waals surface area contributed by atoms with Crippen molar-refractivity contribution in [2.24, 2.45) is 0 Å². The van der Waals surface area contributed by atoms with Gasteiger partial charge in [0.2, 0.25) is 0 Å². The molecule has 5 heteroatoms. The van der Waals surface area contributed by atoms with Crippen LogP contribution in [0.5, 0.6) is 0 Å². The van der Waals surface area contributed by atoms with Gasteiger partial charge in [0, 0.05) is 20.1 Å². The minimum Gasteiger partial charge on any atom is -0.358 e. The summed E-state index contributed by atoms with van der Waals surface area (Å²) in [7, 11) is 1.97. The highest BCUT2D eigenvalue weighted by atomic mass is 16.1. The van der Waals surface area contributed by atoms with Gasteiger partial charge in [-0.15, -0.1) is 16.8 Å². The Hall–Kier alpha value is -1.91. The van der Waals surface area contributed by atoms with Crippen molar-refractivity contribution in [2.75, 3.05) is 25.0 Å². The first-order valence-corrected chi connectivity index (χ1v) is 6.13. The van der Waals surface area contributed by atoms with E-state index in [1.807, 2.05) is 18.0 Å². The first-order chi connectivity index (χ1) is 8.69. The van der Waals surface area contributed by atoms with Gasteiger partial charge in [0.1, 0.15) is 0 Å². The Morgan fingerprint density at radius 1 is 1.50 bits per heavy atom. The highest BCUT2D eigenvalue weighted by Gasteiger charge is 2.08. The Labute approximate surface area is 108 Å². The Morgan fingerprint density at radius 2 is 2.28 bits per heavy atom. The molecule has 0 aliphatic rings. The fourth-order valence-corrected chi connectivity index (χ4v) is 1.42. The first-order valence-electron chi connectivity index (χ1n) is 6.13. The number of amides is 1. The first kappa shape index (κ1) is 14.2. The third-order valence-electron chi connectivity index (χ3n) is 2.53. The third-order valence-corrected chi connectivity index (χ3v) is 2.53. The topological polar surface area (TPSA) is 58.1 Å². The molecule has 1 heterocycles. The van der Waals surface area contributed by atoms with Gasteiger partial charge >= 0.3 is 0 Å². The summed E-state index contributed by atoms with van der Waals surface area (Å²) in [5.41, 5.74) is 0.324. The lowest BCUT2D eigenvalue weighted by Gasteiger charge is -2.16. The van der Waals surface area contributed by atoms with Crippen LogP contribution >= 0.6 is 0 Å². The molecule has 0 fully saturated rings. The summed E-state index contributed by atoms with van der Waals surface area (Å²) in [4.78, 5) is 13.6. The number of hydrogen-bond donors (Lipinski definition) is 1. The number of unbranched alkanes of at least 4 members (excludes halogenated alkanes) is 1. The predicted molar refractivity (Wildman–Crippen MR) is 72.7 cm³/mol. The molecule has 0 bridgehead atoms. The number of carbonyl (C=O) groups is 1. The van der Waals surface area contributed by atoms with Crippen LogP contribution in [-0.2, 0) is 0 Å². The van der Waals surface area contributed by atoms with Crippen LogP contribution < -0.4 is 10.2 Å². The van der Waals surface area contributed by atoms with Gasteiger partial charge in [-0.05, 0) is 18.6 Å². The molecule has 1 rings (SSSR count). The van der Waals surface area contributed by atoms with E-state index in [1.165, 1.54) is 0 Å². The van der Waals surface area contributed by atoms with E-state index in [0.29, 0.717) is 12.2 Å². The quantitative estimate of drug-likeness (QED) is 0.745. The zero-order valence-electron chi connectivity index (χ0n) is 11.0. The summed E-state index contributed by atoms with van der Waals surface area (Å²) in [6.45, 7) is 7.05. The van der Waals surface area contributed by atoms with E-state index >= 15 is 0 Å². The number of hydrogen-bond acceptors (Lipinski definition) is 4. The molecular weight excluding hydrogens is 228 g/mol. The van der Waals surface area contributed by atoms with Crippen LogP contribution in [0.4, 0.5) is 5.82 Å². The third kappa shape index (κ3) is 4.16. The zero-order chi connectivity index (χ0) is 13.4. The number of nitrogens with zero attached hydrogens (tertiary/aromatic N) is 3. The second-order valence-corrected chi connectivity index (χ2v) is 4.05. The number of aromatic nitrogens is 2. The van der Waals surface area contributed by atoms with Crippen molar-refractivity contribution in [3.05, 3.63) is 30.5 Å². The lowest BCUT2D eigenvalue weighted by molar-refractivity contribution is 0.0952. The van der Waals surface area contributed by atoms with E-state index in [-0.39, 0.29) is 5.91 Å². The van der Waals surface area contributed by atoms with Gasteiger partial charge < -0.3 is 10.2 Å². The van der Waals surface area contributed by atoms with Crippen molar-refractivity contribution < 1.29 is 4.79 Å². The maximum Gasteiger partial charge on any atom is 0.272 e. The van der Waals surface area contributed by atoms with Crippen LogP contribution in [0.1, 0.15) is 30.3 Å². The second kappa shape index (κ2) is 7.42. The molecule has 0 saturated carbocycles. The highest BCUT2D eigenvalue weighted by Crippen LogP contribution is 2.08. The fourth-order valence-electron chi connectivity index (χ4n) is 1.42. The molecule has 0 spiro atoms. The molecule has 1 aromatic heterocycles. The van der Waals surface area contributed by atoms with E-state index < -0.39 is 0 Å². The largest absolute Gasteiger partial charge is 0.358 e. The van der Waals surface area contributed by atoms with Crippen molar-refractivity contribution in [1.29, 1.82) is 0 Å². The second-order valence-electron chi connectivity index (χ2n) is 4.05. The van der Waals surface area contributed by atoms with Gasteiger partial charge in [-0.2, -0.15) is 0 Å². The maximum atomic E-state index is 11.6. The molecule has 0 atom stereocenters. The standard InChI is InChI=1S/C13H20N4O/c1-4-6-10-17(3)12-8-7-11(15-16-12)13(18)14-9-5-2/h5,7-8H,2,4,6,9-10H2,1,3H3,(H,14,18). The fraction of sp³-hybridized carbons (Fsp3) is 0.462. The summed E-state index contributed by atoms with van der Waals surface area (Å²) in [5, 5.41) is 10.6. The average molecular weight is 248 g/mol. The summed E-state index contributed by atoms with van der Waals surface area (Å²) in [5.74, 6) is 0.550.